The molecule has 0 atom stereocenters. The number of hydrogen-bond acceptors (Lipinski definition) is 6. The Morgan fingerprint density at radius 1 is 1.18 bits per heavy atom. The Balaban J connectivity index is 1.80. The second-order valence-corrected chi connectivity index (χ2v) is 10.0. The predicted molar refractivity (Wildman–Crippen MR) is 113 cm³/mol. The molecule has 2 aromatic rings. The average molecular weight is 424 g/mol. The minimum Gasteiger partial charge on any atom is -0.335 e. The molecule has 0 bridgehead atoms. The number of nitrogens with two attached hydrogens (primary N) is 1. The molecule has 1 fully saturated rings. The van der Waals surface area contributed by atoms with Crippen molar-refractivity contribution in [2.75, 3.05) is 24.7 Å². The number of nitrogen functional groups attached to an aromatic ring is 1. The van der Waals surface area contributed by atoms with Crippen molar-refractivity contribution in [1.82, 2.24) is 19.2 Å². The van der Waals surface area contributed by atoms with E-state index in [1.165, 1.54) is 41.1 Å². The molecule has 1 aromatic carbocycles. The molecule has 9 heteroatoms. The second-order valence-electron chi connectivity index (χ2n) is 7.11. The third-order valence-electron chi connectivity index (χ3n) is 5.27. The summed E-state index contributed by atoms with van der Waals surface area (Å²) in [6.45, 7) is 4.52. The van der Waals surface area contributed by atoms with Gasteiger partial charge in [0.15, 0.2) is 5.82 Å². The van der Waals surface area contributed by atoms with E-state index >= 15 is 0 Å². The van der Waals surface area contributed by atoms with Gasteiger partial charge in [0.05, 0.1) is 4.90 Å². The second kappa shape index (κ2) is 9.28. The maximum absolute atomic E-state index is 12.8. The van der Waals surface area contributed by atoms with Gasteiger partial charge in [0.25, 0.3) is 0 Å². The monoisotopic (exact) mass is 423 g/mol. The van der Waals surface area contributed by atoms with Gasteiger partial charge in [-0.05, 0) is 30.9 Å². The summed E-state index contributed by atoms with van der Waals surface area (Å²) in [5.41, 5.74) is 0.646. The SMILES string of the molecule is CCN(CC)S(=O)(=O)c1cccc(-c2nnc(SCC3CCCCC3)n2N)c1. The predicted octanol–water partition coefficient (Wildman–Crippen LogP) is 3.36. The normalized spacial score (nSPS) is 16.0. The van der Waals surface area contributed by atoms with Crippen molar-refractivity contribution in [3.05, 3.63) is 24.3 Å². The van der Waals surface area contributed by atoms with Crippen LogP contribution in [-0.2, 0) is 10.0 Å². The van der Waals surface area contributed by atoms with Crippen LogP contribution in [0.1, 0.15) is 46.0 Å². The highest BCUT2D eigenvalue weighted by Gasteiger charge is 2.23. The molecule has 3 rings (SSSR count). The van der Waals surface area contributed by atoms with E-state index in [-0.39, 0.29) is 4.90 Å². The molecule has 1 aliphatic carbocycles. The summed E-state index contributed by atoms with van der Waals surface area (Å²) in [6, 6.07) is 6.75. The smallest absolute Gasteiger partial charge is 0.243 e. The summed E-state index contributed by atoms with van der Waals surface area (Å²) in [4.78, 5) is 0.244. The first kappa shape index (κ1) is 21.1. The van der Waals surface area contributed by atoms with Crippen molar-refractivity contribution in [3.8, 4) is 11.4 Å². The van der Waals surface area contributed by atoms with Crippen LogP contribution in [0, 0.1) is 5.92 Å². The van der Waals surface area contributed by atoms with Crippen molar-refractivity contribution < 1.29 is 8.42 Å². The highest BCUT2D eigenvalue weighted by Crippen LogP contribution is 2.30. The van der Waals surface area contributed by atoms with Gasteiger partial charge in [-0.1, -0.05) is 57.0 Å². The van der Waals surface area contributed by atoms with Crippen LogP contribution in [0.15, 0.2) is 34.3 Å². The molecule has 2 N–H and O–H groups in total. The summed E-state index contributed by atoms with van der Waals surface area (Å²) >= 11 is 1.63. The molecule has 1 aliphatic rings. The van der Waals surface area contributed by atoms with Crippen LogP contribution in [0.2, 0.25) is 0 Å². The van der Waals surface area contributed by atoms with Crippen LogP contribution in [0.3, 0.4) is 0 Å². The third kappa shape index (κ3) is 4.52. The Morgan fingerprint density at radius 2 is 1.89 bits per heavy atom. The number of sulfonamides is 1. The van der Waals surface area contributed by atoms with E-state index in [2.05, 4.69) is 10.2 Å². The molecular formula is C19H29N5O2S2. The van der Waals surface area contributed by atoms with E-state index in [0.29, 0.717) is 35.6 Å². The molecule has 28 heavy (non-hydrogen) atoms. The molecule has 1 heterocycles. The van der Waals surface area contributed by atoms with Gasteiger partial charge in [-0.15, -0.1) is 10.2 Å². The molecule has 154 valence electrons. The molecule has 0 aliphatic heterocycles. The minimum atomic E-state index is -3.53. The Kier molecular flexibility index (Phi) is 7.00. The van der Waals surface area contributed by atoms with Crippen molar-refractivity contribution >= 4 is 21.8 Å². The van der Waals surface area contributed by atoms with Crippen LogP contribution < -0.4 is 5.84 Å². The standard InChI is InChI=1S/C19H29N5O2S2/c1-3-23(4-2)28(25,26)17-12-8-11-16(13-17)18-21-22-19(24(18)20)27-14-15-9-6-5-7-10-15/h8,11-13,15H,3-7,9-10,14,20H2,1-2H3. The van der Waals surface area contributed by atoms with Crippen LogP contribution in [0.4, 0.5) is 0 Å². The van der Waals surface area contributed by atoms with Gasteiger partial charge in [-0.2, -0.15) is 4.31 Å². The van der Waals surface area contributed by atoms with E-state index in [1.807, 2.05) is 19.9 Å². The number of benzene rings is 1. The lowest BCUT2D eigenvalue weighted by Gasteiger charge is -2.20. The van der Waals surface area contributed by atoms with Gasteiger partial charge in [0.1, 0.15) is 0 Å². The molecule has 7 nitrogen and oxygen atoms in total. The zero-order chi connectivity index (χ0) is 20.1. The molecule has 1 aromatic heterocycles. The Labute approximate surface area is 171 Å². The third-order valence-corrected chi connectivity index (χ3v) is 8.49. The van der Waals surface area contributed by atoms with E-state index in [0.717, 1.165) is 5.75 Å². The first-order valence-corrected chi connectivity index (χ1v) is 12.3. The summed E-state index contributed by atoms with van der Waals surface area (Å²) in [6.07, 6.45) is 6.48. The maximum atomic E-state index is 12.8. The van der Waals surface area contributed by atoms with E-state index in [9.17, 15) is 8.42 Å². The summed E-state index contributed by atoms with van der Waals surface area (Å²) in [5, 5.41) is 9.11. The fourth-order valence-corrected chi connectivity index (χ4v) is 6.17. The quantitative estimate of drug-likeness (QED) is 0.517. The van der Waals surface area contributed by atoms with Gasteiger partial charge < -0.3 is 5.84 Å². The average Bonchev–Trinajstić information content (AvgIpc) is 3.08. The van der Waals surface area contributed by atoms with E-state index in [1.54, 1.807) is 30.0 Å². The number of nitrogens with zero attached hydrogens (tertiary/aromatic N) is 4. The minimum absolute atomic E-state index is 0.244. The summed E-state index contributed by atoms with van der Waals surface area (Å²) < 4.78 is 28.5. The molecule has 0 spiro atoms. The fourth-order valence-electron chi connectivity index (χ4n) is 3.63. The topological polar surface area (TPSA) is 94.1 Å². The van der Waals surface area contributed by atoms with Gasteiger partial charge in [-0.25, -0.2) is 13.1 Å². The Bertz CT molecular complexity index is 887. The Hall–Kier alpha value is -1.58. The number of rotatable bonds is 8. The summed E-state index contributed by atoms with van der Waals surface area (Å²) in [5.74, 6) is 8.41. The lowest BCUT2D eigenvalue weighted by molar-refractivity contribution is 0.390. The highest BCUT2D eigenvalue weighted by atomic mass is 32.2. The van der Waals surface area contributed by atoms with Crippen molar-refractivity contribution in [3.63, 3.8) is 0 Å². The fraction of sp³-hybridized carbons (Fsp3) is 0.579. The van der Waals surface area contributed by atoms with Gasteiger partial charge >= 0.3 is 0 Å². The number of hydrogen-bond donors (Lipinski definition) is 1. The molecule has 1 saturated carbocycles. The van der Waals surface area contributed by atoms with Crippen molar-refractivity contribution in [1.29, 1.82) is 0 Å². The molecule has 0 radical (unpaired) electrons. The number of thioether (sulfide) groups is 1. The van der Waals surface area contributed by atoms with Crippen LogP contribution in [0.5, 0.6) is 0 Å². The largest absolute Gasteiger partial charge is 0.335 e. The highest BCUT2D eigenvalue weighted by molar-refractivity contribution is 7.99. The first-order valence-electron chi connectivity index (χ1n) is 9.91. The van der Waals surface area contributed by atoms with Gasteiger partial charge in [0, 0.05) is 24.4 Å². The zero-order valence-electron chi connectivity index (χ0n) is 16.5. The molecule has 0 saturated heterocycles. The van der Waals surface area contributed by atoms with Gasteiger partial charge in [-0.3, -0.25) is 0 Å². The van der Waals surface area contributed by atoms with E-state index < -0.39 is 10.0 Å². The van der Waals surface area contributed by atoms with Crippen LogP contribution in [-0.4, -0.2) is 46.4 Å². The Morgan fingerprint density at radius 3 is 2.57 bits per heavy atom. The number of aromatic nitrogens is 3. The molecule has 0 amide bonds. The molecule has 0 unspecified atom stereocenters. The van der Waals surface area contributed by atoms with Gasteiger partial charge in [0.2, 0.25) is 15.2 Å². The van der Waals surface area contributed by atoms with Crippen LogP contribution in [0.25, 0.3) is 11.4 Å². The van der Waals surface area contributed by atoms with Crippen molar-refractivity contribution in [2.24, 2.45) is 5.92 Å². The molecular weight excluding hydrogens is 394 g/mol. The zero-order valence-corrected chi connectivity index (χ0v) is 18.2. The van der Waals surface area contributed by atoms with E-state index in [4.69, 9.17) is 5.84 Å². The first-order chi connectivity index (χ1) is 13.5. The lowest BCUT2D eigenvalue weighted by Crippen LogP contribution is -2.30. The van der Waals surface area contributed by atoms with Crippen molar-refractivity contribution in [2.45, 2.75) is 56.0 Å². The summed E-state index contributed by atoms with van der Waals surface area (Å²) in [7, 11) is -3.53. The maximum Gasteiger partial charge on any atom is 0.243 e. The van der Waals surface area contributed by atoms with Crippen LogP contribution >= 0.6 is 11.8 Å². The lowest BCUT2D eigenvalue weighted by atomic mass is 9.91.